The topological polar surface area (TPSA) is 78.4 Å². The number of hydrogen-bond acceptors (Lipinski definition) is 3. The normalized spacial score (nSPS) is 15.6. The molecule has 1 aliphatic rings. The summed E-state index contributed by atoms with van der Waals surface area (Å²) < 4.78 is 0. The van der Waals surface area contributed by atoms with Crippen molar-refractivity contribution in [3.63, 3.8) is 0 Å². The van der Waals surface area contributed by atoms with Gasteiger partial charge in [-0.15, -0.1) is 0 Å². The molecule has 0 saturated carbocycles. The molecule has 20 heavy (non-hydrogen) atoms. The van der Waals surface area contributed by atoms with E-state index in [2.05, 4.69) is 10.6 Å². The number of carbonyl (C=O) groups excluding carboxylic acids is 1. The molecule has 0 saturated heterocycles. The predicted molar refractivity (Wildman–Crippen MR) is 75.6 cm³/mol. The zero-order chi connectivity index (χ0) is 14.7. The van der Waals surface area contributed by atoms with E-state index in [4.69, 9.17) is 5.11 Å². The van der Waals surface area contributed by atoms with E-state index in [1.54, 1.807) is 19.9 Å². The Kier molecular flexibility index (Phi) is 4.39. The summed E-state index contributed by atoms with van der Waals surface area (Å²) in [6.45, 7) is 5.15. The number of aliphatic carboxylic acids is 1. The van der Waals surface area contributed by atoms with Crippen molar-refractivity contribution in [1.29, 1.82) is 0 Å². The van der Waals surface area contributed by atoms with E-state index in [1.807, 2.05) is 12.1 Å². The summed E-state index contributed by atoms with van der Waals surface area (Å²) in [7, 11) is 0. The van der Waals surface area contributed by atoms with Crippen molar-refractivity contribution in [2.75, 3.05) is 6.54 Å². The number of carboxylic acid groups (broad SMARTS) is 1. The summed E-state index contributed by atoms with van der Waals surface area (Å²) in [5, 5.41) is 15.0. The summed E-state index contributed by atoms with van der Waals surface area (Å²) in [5.41, 5.74) is 2.73. The molecule has 0 spiro atoms. The van der Waals surface area contributed by atoms with Gasteiger partial charge in [0.25, 0.3) is 5.91 Å². The van der Waals surface area contributed by atoms with Crippen LogP contribution in [0.3, 0.4) is 0 Å². The van der Waals surface area contributed by atoms with Gasteiger partial charge in [0, 0.05) is 12.1 Å². The van der Waals surface area contributed by atoms with Gasteiger partial charge < -0.3 is 15.7 Å². The van der Waals surface area contributed by atoms with Crippen LogP contribution in [0.25, 0.3) is 0 Å². The molecule has 1 aromatic carbocycles. The maximum absolute atomic E-state index is 12.3. The van der Waals surface area contributed by atoms with Gasteiger partial charge in [-0.3, -0.25) is 4.79 Å². The molecule has 0 aliphatic carbocycles. The van der Waals surface area contributed by atoms with Gasteiger partial charge in [-0.05, 0) is 36.1 Å². The van der Waals surface area contributed by atoms with Crippen LogP contribution in [-0.2, 0) is 17.8 Å². The smallest absolute Gasteiger partial charge is 0.326 e. The number of hydrogen-bond donors (Lipinski definition) is 3. The average molecular weight is 276 g/mol. The highest BCUT2D eigenvalue weighted by Gasteiger charge is 2.25. The zero-order valence-electron chi connectivity index (χ0n) is 11.8. The van der Waals surface area contributed by atoms with Gasteiger partial charge in [-0.2, -0.15) is 0 Å². The lowest BCUT2D eigenvalue weighted by Gasteiger charge is -2.22. The van der Waals surface area contributed by atoms with Gasteiger partial charge in [-0.1, -0.05) is 26.0 Å². The van der Waals surface area contributed by atoms with Gasteiger partial charge in [0.15, 0.2) is 0 Å². The standard InChI is InChI=1S/C15H20N2O3/c1-9(2)13(15(19)20)17-14(18)12-5-3-4-10-8-16-7-6-11(10)12/h3-5,9,13,16H,6-8H2,1-2H3,(H,17,18)(H,19,20)/t13-/m0/s1. The Hall–Kier alpha value is -1.88. The van der Waals surface area contributed by atoms with Crippen LogP contribution in [0.5, 0.6) is 0 Å². The molecule has 5 heteroatoms. The minimum Gasteiger partial charge on any atom is -0.480 e. The summed E-state index contributed by atoms with van der Waals surface area (Å²) >= 11 is 0. The van der Waals surface area contributed by atoms with Crippen molar-refractivity contribution in [3.05, 3.63) is 34.9 Å². The third-order valence-corrected chi connectivity index (χ3v) is 3.60. The Morgan fingerprint density at radius 3 is 2.75 bits per heavy atom. The van der Waals surface area contributed by atoms with Crippen LogP contribution in [0, 0.1) is 5.92 Å². The van der Waals surface area contributed by atoms with Crippen LogP contribution in [-0.4, -0.2) is 29.6 Å². The third kappa shape index (κ3) is 2.99. The highest BCUT2D eigenvalue weighted by molar-refractivity contribution is 5.98. The molecule has 1 aromatic rings. The first-order valence-corrected chi connectivity index (χ1v) is 6.86. The summed E-state index contributed by atoms with van der Waals surface area (Å²) in [5.74, 6) is -1.46. The molecule has 1 atom stereocenters. The van der Waals surface area contributed by atoms with Crippen LogP contribution in [0.1, 0.15) is 35.3 Å². The number of nitrogens with one attached hydrogen (secondary N) is 2. The first-order chi connectivity index (χ1) is 9.50. The van der Waals surface area contributed by atoms with E-state index >= 15 is 0 Å². The molecular weight excluding hydrogens is 256 g/mol. The second-order valence-electron chi connectivity index (χ2n) is 5.40. The van der Waals surface area contributed by atoms with Crippen LogP contribution >= 0.6 is 0 Å². The molecule has 3 N–H and O–H groups in total. The summed E-state index contributed by atoms with van der Waals surface area (Å²) in [4.78, 5) is 23.5. The Morgan fingerprint density at radius 2 is 2.10 bits per heavy atom. The van der Waals surface area contributed by atoms with Gasteiger partial charge in [-0.25, -0.2) is 4.79 Å². The lowest BCUT2D eigenvalue weighted by atomic mass is 9.94. The highest BCUT2D eigenvalue weighted by atomic mass is 16.4. The number of carbonyl (C=O) groups is 2. The van der Waals surface area contributed by atoms with E-state index in [1.165, 1.54) is 0 Å². The molecule has 108 valence electrons. The van der Waals surface area contributed by atoms with Crippen LogP contribution < -0.4 is 10.6 Å². The van der Waals surface area contributed by atoms with Gasteiger partial charge in [0.2, 0.25) is 0 Å². The molecule has 0 fully saturated rings. The minimum absolute atomic E-state index is 0.155. The Morgan fingerprint density at radius 1 is 1.35 bits per heavy atom. The monoisotopic (exact) mass is 276 g/mol. The van der Waals surface area contributed by atoms with E-state index in [9.17, 15) is 9.59 Å². The van der Waals surface area contributed by atoms with Crippen LogP contribution in [0.2, 0.25) is 0 Å². The average Bonchev–Trinajstić information content (AvgIpc) is 2.43. The van der Waals surface area contributed by atoms with Crippen molar-refractivity contribution in [1.82, 2.24) is 10.6 Å². The van der Waals surface area contributed by atoms with Crippen molar-refractivity contribution in [3.8, 4) is 0 Å². The molecule has 1 amide bonds. The van der Waals surface area contributed by atoms with Crippen molar-refractivity contribution >= 4 is 11.9 Å². The first-order valence-electron chi connectivity index (χ1n) is 6.86. The van der Waals surface area contributed by atoms with Crippen molar-refractivity contribution in [2.45, 2.75) is 32.9 Å². The van der Waals surface area contributed by atoms with Crippen LogP contribution in [0.15, 0.2) is 18.2 Å². The number of fused-ring (bicyclic) bond motifs is 1. The molecule has 0 radical (unpaired) electrons. The predicted octanol–water partition coefficient (Wildman–Crippen LogP) is 1.17. The zero-order valence-corrected chi connectivity index (χ0v) is 11.8. The van der Waals surface area contributed by atoms with Crippen LogP contribution in [0.4, 0.5) is 0 Å². The molecule has 0 unspecified atom stereocenters. The van der Waals surface area contributed by atoms with E-state index in [-0.39, 0.29) is 11.8 Å². The lowest BCUT2D eigenvalue weighted by Crippen LogP contribution is -2.44. The molecular formula is C15H20N2O3. The van der Waals surface area contributed by atoms with Gasteiger partial charge in [0.1, 0.15) is 6.04 Å². The van der Waals surface area contributed by atoms with E-state index in [0.717, 1.165) is 30.6 Å². The number of rotatable bonds is 4. The third-order valence-electron chi connectivity index (χ3n) is 3.60. The maximum Gasteiger partial charge on any atom is 0.326 e. The quantitative estimate of drug-likeness (QED) is 0.771. The second-order valence-corrected chi connectivity index (χ2v) is 5.40. The van der Waals surface area contributed by atoms with E-state index in [0.29, 0.717) is 5.56 Å². The van der Waals surface area contributed by atoms with Crippen molar-refractivity contribution in [2.24, 2.45) is 5.92 Å². The fraction of sp³-hybridized carbons (Fsp3) is 0.467. The van der Waals surface area contributed by atoms with Gasteiger partial charge in [0.05, 0.1) is 0 Å². The molecule has 0 aromatic heterocycles. The number of amides is 1. The minimum atomic E-state index is -1.00. The summed E-state index contributed by atoms with van der Waals surface area (Å²) in [6, 6.07) is 4.74. The largest absolute Gasteiger partial charge is 0.480 e. The SMILES string of the molecule is CC(C)[C@H](NC(=O)c1cccc2c1CCNC2)C(=O)O. The number of benzene rings is 1. The maximum atomic E-state index is 12.3. The molecule has 1 aliphatic heterocycles. The highest BCUT2D eigenvalue weighted by Crippen LogP contribution is 2.19. The molecule has 5 nitrogen and oxygen atoms in total. The molecule has 1 heterocycles. The Labute approximate surface area is 118 Å². The summed E-state index contributed by atoms with van der Waals surface area (Å²) in [6.07, 6.45) is 0.790. The lowest BCUT2D eigenvalue weighted by molar-refractivity contribution is -0.140. The Balaban J connectivity index is 2.23. The fourth-order valence-corrected chi connectivity index (χ4v) is 2.48. The van der Waals surface area contributed by atoms with Gasteiger partial charge >= 0.3 is 5.97 Å². The van der Waals surface area contributed by atoms with Crippen molar-refractivity contribution < 1.29 is 14.7 Å². The first kappa shape index (κ1) is 14.5. The molecule has 2 rings (SSSR count). The Bertz CT molecular complexity index is 526. The van der Waals surface area contributed by atoms with E-state index < -0.39 is 12.0 Å². The molecule has 0 bridgehead atoms. The second kappa shape index (κ2) is 6.05. The number of carboxylic acids is 1. The fourth-order valence-electron chi connectivity index (χ4n) is 2.48.